The van der Waals surface area contributed by atoms with Crippen molar-refractivity contribution in [2.24, 2.45) is 16.6 Å². The molecule has 0 aromatic carbocycles. The number of carbonyl (C=O) groups is 1. The summed E-state index contributed by atoms with van der Waals surface area (Å²) in [6.07, 6.45) is 3.62. The molecular formula is C16H24F2N2O2. The Bertz CT molecular complexity index is 475. The Morgan fingerprint density at radius 2 is 2.36 bits per heavy atom. The van der Waals surface area contributed by atoms with E-state index < -0.39 is 17.9 Å². The second kappa shape index (κ2) is 8.17. The van der Waals surface area contributed by atoms with Gasteiger partial charge in [0.05, 0.1) is 0 Å². The normalized spacial score (nSPS) is 21.7. The Balaban J connectivity index is 2.39. The predicted molar refractivity (Wildman–Crippen MR) is 83.4 cm³/mol. The molecule has 124 valence electrons. The van der Waals surface area contributed by atoms with Crippen molar-refractivity contribution in [3.8, 4) is 0 Å². The SMILES string of the molecule is C=C(C)C1CC=C(C=NCCCC(N)(C(=O)O)C(F)F)CC1. The Morgan fingerprint density at radius 1 is 1.68 bits per heavy atom. The number of aliphatic carboxylic acids is 1. The molecule has 2 atom stereocenters. The highest BCUT2D eigenvalue weighted by Crippen LogP contribution is 2.27. The largest absolute Gasteiger partial charge is 0.480 e. The van der Waals surface area contributed by atoms with Crippen LogP contribution < -0.4 is 5.73 Å². The maximum atomic E-state index is 12.7. The first kappa shape index (κ1) is 18.5. The van der Waals surface area contributed by atoms with Gasteiger partial charge in [0.25, 0.3) is 6.43 Å². The minimum atomic E-state index is -3.09. The molecule has 6 heteroatoms. The van der Waals surface area contributed by atoms with Crippen molar-refractivity contribution in [2.45, 2.75) is 51.0 Å². The zero-order chi connectivity index (χ0) is 16.8. The van der Waals surface area contributed by atoms with Crippen molar-refractivity contribution < 1.29 is 18.7 Å². The van der Waals surface area contributed by atoms with E-state index in [0.29, 0.717) is 12.5 Å². The van der Waals surface area contributed by atoms with Crippen LogP contribution in [0.25, 0.3) is 0 Å². The number of carboxylic acid groups (broad SMARTS) is 1. The average Bonchev–Trinajstić information content (AvgIpc) is 2.46. The number of allylic oxidation sites excluding steroid dienone is 3. The lowest BCUT2D eigenvalue weighted by atomic mass is 9.86. The Kier molecular flexibility index (Phi) is 6.87. The number of hydrogen-bond acceptors (Lipinski definition) is 3. The lowest BCUT2D eigenvalue weighted by Gasteiger charge is -2.23. The topological polar surface area (TPSA) is 75.7 Å². The third-order valence-electron chi connectivity index (χ3n) is 4.07. The van der Waals surface area contributed by atoms with Gasteiger partial charge in [-0.05, 0) is 50.5 Å². The third-order valence-corrected chi connectivity index (χ3v) is 4.07. The van der Waals surface area contributed by atoms with Gasteiger partial charge >= 0.3 is 5.97 Å². The van der Waals surface area contributed by atoms with Crippen molar-refractivity contribution >= 4 is 12.2 Å². The molecular weight excluding hydrogens is 290 g/mol. The second-order valence-corrected chi connectivity index (χ2v) is 5.88. The highest BCUT2D eigenvalue weighted by Gasteiger charge is 2.43. The minimum Gasteiger partial charge on any atom is -0.480 e. The van der Waals surface area contributed by atoms with Crippen LogP contribution in [-0.2, 0) is 4.79 Å². The molecule has 1 aliphatic carbocycles. The Hall–Kier alpha value is -1.56. The molecule has 0 radical (unpaired) electrons. The number of alkyl halides is 2. The van der Waals surface area contributed by atoms with E-state index >= 15 is 0 Å². The van der Waals surface area contributed by atoms with E-state index in [0.717, 1.165) is 24.8 Å². The number of nitrogens with zero attached hydrogens (tertiary/aromatic N) is 1. The minimum absolute atomic E-state index is 0.214. The Morgan fingerprint density at radius 3 is 2.82 bits per heavy atom. The van der Waals surface area contributed by atoms with Crippen LogP contribution in [0, 0.1) is 5.92 Å². The molecule has 0 aromatic heterocycles. The van der Waals surface area contributed by atoms with Crippen molar-refractivity contribution in [1.29, 1.82) is 0 Å². The molecule has 0 spiro atoms. The molecule has 0 aliphatic heterocycles. The average molecular weight is 314 g/mol. The molecule has 1 aliphatic rings. The number of halogens is 2. The van der Waals surface area contributed by atoms with Crippen LogP contribution in [0.4, 0.5) is 8.78 Å². The molecule has 22 heavy (non-hydrogen) atoms. The first-order valence-corrected chi connectivity index (χ1v) is 7.42. The summed E-state index contributed by atoms with van der Waals surface area (Å²) in [7, 11) is 0. The van der Waals surface area contributed by atoms with Gasteiger partial charge in [-0.15, -0.1) is 0 Å². The first-order chi connectivity index (χ1) is 10.3. The highest BCUT2D eigenvalue weighted by atomic mass is 19.3. The first-order valence-electron chi connectivity index (χ1n) is 7.42. The number of rotatable bonds is 8. The predicted octanol–water partition coefficient (Wildman–Crippen LogP) is 3.19. The smallest absolute Gasteiger partial charge is 0.329 e. The van der Waals surface area contributed by atoms with Gasteiger partial charge in [0.15, 0.2) is 5.54 Å². The van der Waals surface area contributed by atoms with Gasteiger partial charge in [-0.25, -0.2) is 13.6 Å². The molecule has 0 heterocycles. The summed E-state index contributed by atoms with van der Waals surface area (Å²) < 4.78 is 25.4. The van der Waals surface area contributed by atoms with Crippen LogP contribution >= 0.6 is 0 Å². The highest BCUT2D eigenvalue weighted by molar-refractivity contribution is 5.79. The quantitative estimate of drug-likeness (QED) is 0.410. The van der Waals surface area contributed by atoms with Gasteiger partial charge in [-0.3, -0.25) is 4.99 Å². The van der Waals surface area contributed by atoms with Crippen molar-refractivity contribution in [2.75, 3.05) is 6.54 Å². The number of hydrogen-bond donors (Lipinski definition) is 2. The fraction of sp³-hybridized carbons (Fsp3) is 0.625. The van der Waals surface area contributed by atoms with Gasteiger partial charge < -0.3 is 10.8 Å². The molecule has 0 amide bonds. The van der Waals surface area contributed by atoms with E-state index in [2.05, 4.69) is 17.6 Å². The van der Waals surface area contributed by atoms with Crippen molar-refractivity contribution in [1.82, 2.24) is 0 Å². The number of aliphatic imine (C=N–C) groups is 1. The van der Waals surface area contributed by atoms with Crippen LogP contribution in [-0.4, -0.2) is 35.8 Å². The molecule has 0 saturated heterocycles. The number of nitrogens with two attached hydrogens (primary N) is 1. The molecule has 3 N–H and O–H groups in total. The van der Waals surface area contributed by atoms with E-state index in [1.165, 1.54) is 5.57 Å². The van der Waals surface area contributed by atoms with Crippen LogP contribution in [0.5, 0.6) is 0 Å². The fourth-order valence-electron chi connectivity index (χ4n) is 2.37. The van der Waals surface area contributed by atoms with Crippen molar-refractivity contribution in [3.63, 3.8) is 0 Å². The molecule has 0 saturated carbocycles. The van der Waals surface area contributed by atoms with Crippen LogP contribution in [0.2, 0.25) is 0 Å². The summed E-state index contributed by atoms with van der Waals surface area (Å²) in [5, 5.41) is 8.77. The zero-order valence-corrected chi connectivity index (χ0v) is 12.9. The molecule has 0 fully saturated rings. The summed E-state index contributed by atoms with van der Waals surface area (Å²) in [6, 6.07) is 0. The van der Waals surface area contributed by atoms with E-state index in [1.54, 1.807) is 6.21 Å². The van der Waals surface area contributed by atoms with Gasteiger partial charge in [0.1, 0.15) is 0 Å². The van der Waals surface area contributed by atoms with Crippen LogP contribution in [0.1, 0.15) is 39.0 Å². The molecule has 2 unspecified atom stereocenters. The fourth-order valence-corrected chi connectivity index (χ4v) is 2.37. The molecule has 4 nitrogen and oxygen atoms in total. The van der Waals surface area contributed by atoms with Crippen LogP contribution in [0.15, 0.2) is 28.8 Å². The summed E-state index contributed by atoms with van der Waals surface area (Å²) in [6.45, 7) is 6.28. The monoisotopic (exact) mass is 314 g/mol. The second-order valence-electron chi connectivity index (χ2n) is 5.88. The van der Waals surface area contributed by atoms with E-state index in [4.69, 9.17) is 10.8 Å². The van der Waals surface area contributed by atoms with E-state index in [1.807, 2.05) is 6.92 Å². The van der Waals surface area contributed by atoms with Gasteiger partial charge in [0.2, 0.25) is 0 Å². The van der Waals surface area contributed by atoms with E-state index in [9.17, 15) is 13.6 Å². The lowest BCUT2D eigenvalue weighted by molar-refractivity contribution is -0.150. The van der Waals surface area contributed by atoms with E-state index in [-0.39, 0.29) is 12.8 Å². The lowest BCUT2D eigenvalue weighted by Crippen LogP contribution is -2.54. The third kappa shape index (κ3) is 5.02. The molecule has 0 aromatic rings. The summed E-state index contributed by atoms with van der Waals surface area (Å²) in [5.74, 6) is -1.15. The van der Waals surface area contributed by atoms with Crippen LogP contribution in [0.3, 0.4) is 0 Å². The summed E-state index contributed by atoms with van der Waals surface area (Å²) >= 11 is 0. The summed E-state index contributed by atoms with van der Waals surface area (Å²) in [5.41, 5.74) is 5.07. The maximum Gasteiger partial charge on any atom is 0.329 e. The van der Waals surface area contributed by atoms with Gasteiger partial charge in [0, 0.05) is 12.8 Å². The standard InChI is InChI=1S/C16H24F2N2O2/c1-11(2)13-6-4-12(5-7-13)10-20-9-3-8-16(19,14(17)18)15(21)22/h4,10,13-14H,1,3,5-9,19H2,2H3,(H,21,22). The number of carboxylic acids is 1. The maximum absolute atomic E-state index is 12.7. The van der Waals surface area contributed by atoms with Gasteiger partial charge in [-0.2, -0.15) is 0 Å². The summed E-state index contributed by atoms with van der Waals surface area (Å²) in [4.78, 5) is 15.0. The molecule has 1 rings (SSSR count). The molecule has 0 bridgehead atoms. The Labute approximate surface area is 129 Å². The van der Waals surface area contributed by atoms with Crippen molar-refractivity contribution in [3.05, 3.63) is 23.8 Å². The van der Waals surface area contributed by atoms with Gasteiger partial charge in [-0.1, -0.05) is 18.2 Å². The zero-order valence-electron chi connectivity index (χ0n) is 12.9.